The van der Waals surface area contributed by atoms with Gasteiger partial charge in [-0.05, 0) is 23.0 Å². The Labute approximate surface area is 109 Å². The van der Waals surface area contributed by atoms with Gasteiger partial charge in [0, 0.05) is 13.0 Å². The van der Waals surface area contributed by atoms with Crippen LogP contribution in [0.2, 0.25) is 0 Å². The van der Waals surface area contributed by atoms with Gasteiger partial charge in [0.15, 0.2) is 0 Å². The molecule has 1 amide bonds. The molecule has 1 aromatic rings. The highest BCUT2D eigenvalue weighted by Gasteiger charge is 2.12. The molecule has 0 radical (unpaired) electrons. The number of hydrogen-bond donors (Lipinski definition) is 2. The van der Waals surface area contributed by atoms with Crippen LogP contribution in [0.1, 0.15) is 44.7 Å². The van der Waals surface area contributed by atoms with Crippen molar-refractivity contribution in [2.75, 3.05) is 0 Å². The van der Waals surface area contributed by atoms with Crippen molar-refractivity contribution in [2.24, 2.45) is 5.41 Å². The number of carbonyl (C=O) groups excluding carboxylic acids is 1. The maximum atomic E-state index is 11.7. The van der Waals surface area contributed by atoms with Gasteiger partial charge in [0.05, 0.1) is 6.61 Å². The number of hydrogen-bond acceptors (Lipinski definition) is 2. The van der Waals surface area contributed by atoms with E-state index in [0.29, 0.717) is 13.0 Å². The van der Waals surface area contributed by atoms with Crippen molar-refractivity contribution in [1.82, 2.24) is 5.32 Å². The fraction of sp³-hybridized carbons (Fsp3) is 0.533. The van der Waals surface area contributed by atoms with Gasteiger partial charge in [0.2, 0.25) is 5.91 Å². The van der Waals surface area contributed by atoms with E-state index in [2.05, 4.69) is 26.1 Å². The highest BCUT2D eigenvalue weighted by atomic mass is 16.3. The third kappa shape index (κ3) is 5.32. The van der Waals surface area contributed by atoms with Crippen LogP contribution in [-0.4, -0.2) is 11.0 Å². The van der Waals surface area contributed by atoms with E-state index in [9.17, 15) is 9.90 Å². The van der Waals surface area contributed by atoms with Gasteiger partial charge in [-0.25, -0.2) is 0 Å². The van der Waals surface area contributed by atoms with E-state index in [4.69, 9.17) is 0 Å². The molecule has 1 rings (SSSR count). The zero-order chi connectivity index (χ0) is 13.6. The molecule has 0 saturated heterocycles. The van der Waals surface area contributed by atoms with Crippen molar-refractivity contribution < 1.29 is 9.90 Å². The molecule has 0 aromatic heterocycles. The standard InChI is InChI=1S/C15H23NO2/c1-15(2,3)9-8-14(18)16-10-12-6-4-5-7-13(12)11-17/h4-7,17H,8-11H2,1-3H3,(H,16,18). The molecule has 0 atom stereocenters. The summed E-state index contributed by atoms with van der Waals surface area (Å²) < 4.78 is 0. The van der Waals surface area contributed by atoms with Crippen LogP contribution in [0.4, 0.5) is 0 Å². The van der Waals surface area contributed by atoms with E-state index in [0.717, 1.165) is 17.5 Å². The van der Waals surface area contributed by atoms with Gasteiger partial charge in [0.1, 0.15) is 0 Å². The highest BCUT2D eigenvalue weighted by Crippen LogP contribution is 2.20. The Hall–Kier alpha value is -1.35. The highest BCUT2D eigenvalue weighted by molar-refractivity contribution is 5.75. The van der Waals surface area contributed by atoms with E-state index in [1.807, 2.05) is 24.3 Å². The van der Waals surface area contributed by atoms with Gasteiger partial charge < -0.3 is 10.4 Å². The molecule has 18 heavy (non-hydrogen) atoms. The van der Waals surface area contributed by atoms with Gasteiger partial charge in [0.25, 0.3) is 0 Å². The topological polar surface area (TPSA) is 49.3 Å². The molecule has 0 fully saturated rings. The minimum Gasteiger partial charge on any atom is -0.392 e. The smallest absolute Gasteiger partial charge is 0.220 e. The van der Waals surface area contributed by atoms with E-state index in [-0.39, 0.29) is 17.9 Å². The van der Waals surface area contributed by atoms with E-state index < -0.39 is 0 Å². The molecule has 0 saturated carbocycles. The van der Waals surface area contributed by atoms with Gasteiger partial charge >= 0.3 is 0 Å². The molecular weight excluding hydrogens is 226 g/mol. The molecule has 0 unspecified atom stereocenters. The van der Waals surface area contributed by atoms with Crippen LogP contribution in [0, 0.1) is 5.41 Å². The van der Waals surface area contributed by atoms with E-state index in [1.54, 1.807) is 0 Å². The van der Waals surface area contributed by atoms with E-state index >= 15 is 0 Å². The first-order valence-corrected chi connectivity index (χ1v) is 6.37. The van der Waals surface area contributed by atoms with E-state index in [1.165, 1.54) is 0 Å². The average molecular weight is 249 g/mol. The maximum absolute atomic E-state index is 11.7. The number of rotatable bonds is 5. The summed E-state index contributed by atoms with van der Waals surface area (Å²) in [6, 6.07) is 7.60. The lowest BCUT2D eigenvalue weighted by Gasteiger charge is -2.17. The molecule has 3 heteroatoms. The second-order valence-electron chi connectivity index (χ2n) is 5.76. The summed E-state index contributed by atoms with van der Waals surface area (Å²) in [4.78, 5) is 11.7. The number of amides is 1. The Kier molecular flexibility index (Phi) is 5.35. The molecule has 0 aliphatic heterocycles. The van der Waals surface area contributed by atoms with Crippen LogP contribution in [0.15, 0.2) is 24.3 Å². The summed E-state index contributed by atoms with van der Waals surface area (Å²) in [5, 5.41) is 12.1. The molecule has 0 bridgehead atoms. The molecule has 0 aliphatic carbocycles. The largest absolute Gasteiger partial charge is 0.392 e. The van der Waals surface area contributed by atoms with Gasteiger partial charge in [-0.15, -0.1) is 0 Å². The summed E-state index contributed by atoms with van der Waals surface area (Å²) in [6.07, 6.45) is 1.42. The fourth-order valence-electron chi connectivity index (χ4n) is 1.65. The molecule has 0 heterocycles. The molecule has 100 valence electrons. The summed E-state index contributed by atoms with van der Waals surface area (Å²) >= 11 is 0. The molecule has 0 aliphatic rings. The number of aliphatic hydroxyl groups is 1. The third-order valence-electron chi connectivity index (χ3n) is 2.87. The number of benzene rings is 1. The zero-order valence-electron chi connectivity index (χ0n) is 11.5. The predicted octanol–water partition coefficient (Wildman–Crippen LogP) is 2.62. The molecule has 2 N–H and O–H groups in total. The normalized spacial score (nSPS) is 11.3. The first-order chi connectivity index (χ1) is 8.42. The lowest BCUT2D eigenvalue weighted by atomic mass is 9.90. The molecular formula is C15H23NO2. The van der Waals surface area contributed by atoms with Crippen LogP contribution in [0.5, 0.6) is 0 Å². The Morgan fingerprint density at radius 1 is 1.22 bits per heavy atom. The lowest BCUT2D eigenvalue weighted by Crippen LogP contribution is -2.24. The number of aliphatic hydroxyl groups excluding tert-OH is 1. The first kappa shape index (κ1) is 14.7. The Bertz CT molecular complexity index is 394. The fourth-order valence-corrected chi connectivity index (χ4v) is 1.65. The summed E-state index contributed by atoms with van der Waals surface area (Å²) in [5.41, 5.74) is 2.03. The summed E-state index contributed by atoms with van der Waals surface area (Å²) in [5.74, 6) is 0.0673. The lowest BCUT2D eigenvalue weighted by molar-refractivity contribution is -0.121. The quantitative estimate of drug-likeness (QED) is 0.842. The van der Waals surface area contributed by atoms with Crippen LogP contribution in [0.25, 0.3) is 0 Å². The monoisotopic (exact) mass is 249 g/mol. The maximum Gasteiger partial charge on any atom is 0.220 e. The molecule has 0 spiro atoms. The minimum atomic E-state index is 0.00797. The zero-order valence-corrected chi connectivity index (χ0v) is 11.5. The van der Waals surface area contributed by atoms with Crippen molar-refractivity contribution in [2.45, 2.75) is 46.8 Å². The van der Waals surface area contributed by atoms with Crippen molar-refractivity contribution >= 4 is 5.91 Å². The molecule has 3 nitrogen and oxygen atoms in total. The van der Waals surface area contributed by atoms with Gasteiger partial charge in [-0.1, -0.05) is 45.0 Å². The average Bonchev–Trinajstić information content (AvgIpc) is 2.33. The third-order valence-corrected chi connectivity index (χ3v) is 2.87. The van der Waals surface area contributed by atoms with Crippen molar-refractivity contribution in [1.29, 1.82) is 0 Å². The van der Waals surface area contributed by atoms with Crippen LogP contribution in [0.3, 0.4) is 0 Å². The Morgan fingerprint density at radius 3 is 2.39 bits per heavy atom. The van der Waals surface area contributed by atoms with Gasteiger partial charge in [-0.3, -0.25) is 4.79 Å². The second kappa shape index (κ2) is 6.55. The van der Waals surface area contributed by atoms with Crippen LogP contribution < -0.4 is 5.32 Å². The number of nitrogens with one attached hydrogen (secondary N) is 1. The minimum absolute atomic E-state index is 0.00797. The summed E-state index contributed by atoms with van der Waals surface area (Å²) in [6.45, 7) is 6.87. The van der Waals surface area contributed by atoms with Crippen molar-refractivity contribution in [3.63, 3.8) is 0 Å². The number of carbonyl (C=O) groups is 1. The Morgan fingerprint density at radius 2 is 1.83 bits per heavy atom. The molecule has 1 aromatic carbocycles. The predicted molar refractivity (Wildman–Crippen MR) is 72.9 cm³/mol. The summed E-state index contributed by atoms with van der Waals surface area (Å²) in [7, 11) is 0. The SMILES string of the molecule is CC(C)(C)CCC(=O)NCc1ccccc1CO. The van der Waals surface area contributed by atoms with Crippen molar-refractivity contribution in [3.8, 4) is 0 Å². The second-order valence-corrected chi connectivity index (χ2v) is 5.76. The van der Waals surface area contributed by atoms with Crippen LogP contribution in [-0.2, 0) is 17.9 Å². The van der Waals surface area contributed by atoms with Gasteiger partial charge in [-0.2, -0.15) is 0 Å². The van der Waals surface area contributed by atoms with Crippen LogP contribution >= 0.6 is 0 Å². The van der Waals surface area contributed by atoms with Crippen molar-refractivity contribution in [3.05, 3.63) is 35.4 Å². The Balaban J connectivity index is 2.43. The first-order valence-electron chi connectivity index (χ1n) is 6.37.